The maximum absolute atomic E-state index is 12.5. The van der Waals surface area contributed by atoms with Crippen molar-refractivity contribution in [2.24, 2.45) is 11.8 Å². The second-order valence-corrected chi connectivity index (χ2v) is 8.44. The number of aromatic carboxylic acids is 1. The van der Waals surface area contributed by atoms with Crippen LogP contribution < -0.4 is 4.72 Å². The van der Waals surface area contributed by atoms with Crippen LogP contribution >= 0.6 is 11.3 Å². The van der Waals surface area contributed by atoms with Gasteiger partial charge in [-0.1, -0.05) is 26.7 Å². The molecule has 118 valence electrons. The molecule has 2 unspecified atom stereocenters. The summed E-state index contributed by atoms with van der Waals surface area (Å²) in [5.74, 6) is -0.491. The predicted octanol–water partition coefficient (Wildman–Crippen LogP) is 2.94. The van der Waals surface area contributed by atoms with Crippen molar-refractivity contribution in [2.75, 3.05) is 0 Å². The fourth-order valence-electron chi connectivity index (χ4n) is 3.03. The molecule has 1 fully saturated rings. The molecule has 1 aromatic rings. The lowest BCUT2D eigenvalue weighted by Gasteiger charge is -2.34. The topological polar surface area (TPSA) is 83.5 Å². The van der Waals surface area contributed by atoms with Crippen LogP contribution in [0.25, 0.3) is 0 Å². The summed E-state index contributed by atoms with van der Waals surface area (Å²) < 4.78 is 27.7. The van der Waals surface area contributed by atoms with Crippen LogP contribution in [-0.4, -0.2) is 25.5 Å². The lowest BCUT2D eigenvalue weighted by atomic mass is 9.78. The Morgan fingerprint density at radius 2 is 2.05 bits per heavy atom. The molecule has 1 aliphatic rings. The van der Waals surface area contributed by atoms with Crippen LogP contribution in [-0.2, 0) is 10.0 Å². The first-order valence-electron chi connectivity index (χ1n) is 7.16. The van der Waals surface area contributed by atoms with Gasteiger partial charge in [-0.05, 0) is 36.1 Å². The highest BCUT2D eigenvalue weighted by Crippen LogP contribution is 2.32. The normalized spacial score (nSPS) is 23.4. The zero-order valence-electron chi connectivity index (χ0n) is 12.2. The Hall–Kier alpha value is -0.920. The van der Waals surface area contributed by atoms with E-state index in [-0.39, 0.29) is 15.8 Å². The summed E-state index contributed by atoms with van der Waals surface area (Å²) >= 11 is 0.935. The molecule has 0 radical (unpaired) electrons. The minimum Gasteiger partial charge on any atom is -0.477 e. The number of hydrogen-bond donors (Lipinski definition) is 2. The van der Waals surface area contributed by atoms with Gasteiger partial charge < -0.3 is 5.11 Å². The van der Waals surface area contributed by atoms with E-state index < -0.39 is 16.0 Å². The Balaban J connectivity index is 2.24. The summed E-state index contributed by atoms with van der Waals surface area (Å²) in [6.07, 6.45) is 3.96. The van der Waals surface area contributed by atoms with Crippen molar-refractivity contribution in [3.8, 4) is 0 Å². The lowest BCUT2D eigenvalue weighted by Crippen LogP contribution is -2.44. The number of thiophene rings is 1. The third-order valence-electron chi connectivity index (χ3n) is 4.10. The van der Waals surface area contributed by atoms with Gasteiger partial charge in [0.05, 0.1) is 0 Å². The molecule has 1 saturated carbocycles. The van der Waals surface area contributed by atoms with Crippen molar-refractivity contribution < 1.29 is 18.3 Å². The second kappa shape index (κ2) is 6.46. The summed E-state index contributed by atoms with van der Waals surface area (Å²) in [7, 11) is -3.78. The molecule has 1 aromatic heterocycles. The fraction of sp³-hybridized carbons (Fsp3) is 0.643. The van der Waals surface area contributed by atoms with Crippen LogP contribution in [0.15, 0.2) is 16.3 Å². The van der Waals surface area contributed by atoms with E-state index in [4.69, 9.17) is 5.11 Å². The number of carboxylic acids is 1. The van der Waals surface area contributed by atoms with Gasteiger partial charge in [0.1, 0.15) is 9.77 Å². The van der Waals surface area contributed by atoms with E-state index in [0.29, 0.717) is 11.8 Å². The molecule has 21 heavy (non-hydrogen) atoms. The van der Waals surface area contributed by atoms with Gasteiger partial charge in [0.2, 0.25) is 10.0 Å². The van der Waals surface area contributed by atoms with E-state index in [2.05, 4.69) is 18.6 Å². The molecule has 0 bridgehead atoms. The Bertz CT molecular complexity index is 606. The molecule has 0 saturated heterocycles. The van der Waals surface area contributed by atoms with E-state index in [1.807, 2.05) is 0 Å². The molecular weight excluding hydrogens is 310 g/mol. The van der Waals surface area contributed by atoms with E-state index >= 15 is 0 Å². The van der Waals surface area contributed by atoms with Gasteiger partial charge in [-0.15, -0.1) is 11.3 Å². The highest BCUT2D eigenvalue weighted by molar-refractivity contribution is 7.89. The number of carboxylic acid groups (broad SMARTS) is 1. The maximum atomic E-state index is 12.5. The SMILES string of the molecule is CC(C)C1CCCCC1NS(=O)(=O)c1ccsc1C(=O)O. The Labute approximate surface area is 129 Å². The van der Waals surface area contributed by atoms with Crippen molar-refractivity contribution >= 4 is 27.3 Å². The van der Waals surface area contributed by atoms with Crippen molar-refractivity contribution in [2.45, 2.75) is 50.5 Å². The molecule has 0 aromatic carbocycles. The minimum atomic E-state index is -3.78. The standard InChI is InChI=1S/C14H21NO4S2/c1-9(2)10-5-3-4-6-11(10)15-21(18,19)12-7-8-20-13(12)14(16)17/h7-11,15H,3-6H2,1-2H3,(H,16,17). The Morgan fingerprint density at radius 1 is 1.38 bits per heavy atom. The quantitative estimate of drug-likeness (QED) is 0.869. The first-order chi connectivity index (χ1) is 9.83. The van der Waals surface area contributed by atoms with Crippen LogP contribution in [0.4, 0.5) is 0 Å². The summed E-state index contributed by atoms with van der Waals surface area (Å²) in [5, 5.41) is 10.6. The number of carbonyl (C=O) groups is 1. The van der Waals surface area contributed by atoms with Crippen molar-refractivity contribution in [1.29, 1.82) is 0 Å². The van der Waals surface area contributed by atoms with Crippen LogP contribution in [0.5, 0.6) is 0 Å². The number of rotatable bonds is 5. The summed E-state index contributed by atoms with van der Waals surface area (Å²) in [5.41, 5.74) is 0. The van der Waals surface area contributed by atoms with Crippen molar-refractivity contribution in [1.82, 2.24) is 4.72 Å². The van der Waals surface area contributed by atoms with E-state index in [9.17, 15) is 13.2 Å². The Morgan fingerprint density at radius 3 is 2.67 bits per heavy atom. The van der Waals surface area contributed by atoms with Crippen LogP contribution in [0.2, 0.25) is 0 Å². The average Bonchev–Trinajstić information content (AvgIpc) is 2.88. The van der Waals surface area contributed by atoms with E-state index in [1.165, 1.54) is 11.4 Å². The van der Waals surface area contributed by atoms with Gasteiger partial charge in [0, 0.05) is 6.04 Å². The van der Waals surface area contributed by atoms with Gasteiger partial charge in [-0.2, -0.15) is 0 Å². The van der Waals surface area contributed by atoms with Crippen LogP contribution in [0.1, 0.15) is 49.2 Å². The van der Waals surface area contributed by atoms with Crippen molar-refractivity contribution in [3.63, 3.8) is 0 Å². The van der Waals surface area contributed by atoms with Gasteiger partial charge in [0.25, 0.3) is 0 Å². The van der Waals surface area contributed by atoms with Gasteiger partial charge in [-0.25, -0.2) is 17.9 Å². The van der Waals surface area contributed by atoms with Crippen molar-refractivity contribution in [3.05, 3.63) is 16.3 Å². The van der Waals surface area contributed by atoms with Gasteiger partial charge in [-0.3, -0.25) is 0 Å². The summed E-state index contributed by atoms with van der Waals surface area (Å²) in [6, 6.07) is 1.26. The van der Waals surface area contributed by atoms with Crippen LogP contribution in [0, 0.1) is 11.8 Å². The van der Waals surface area contributed by atoms with Gasteiger partial charge >= 0.3 is 5.97 Å². The Kier molecular flexibility index (Phi) is 5.06. The highest BCUT2D eigenvalue weighted by atomic mass is 32.2. The average molecular weight is 331 g/mol. The first-order valence-corrected chi connectivity index (χ1v) is 9.52. The molecule has 2 atom stereocenters. The molecule has 5 nitrogen and oxygen atoms in total. The van der Waals surface area contributed by atoms with E-state index in [0.717, 1.165) is 37.0 Å². The lowest BCUT2D eigenvalue weighted by molar-refractivity contribution is 0.0698. The first kappa shape index (κ1) is 16.5. The molecule has 0 amide bonds. The predicted molar refractivity (Wildman–Crippen MR) is 82.2 cm³/mol. The fourth-order valence-corrected chi connectivity index (χ4v) is 5.61. The molecule has 1 aliphatic carbocycles. The minimum absolute atomic E-state index is 0.106. The highest BCUT2D eigenvalue weighted by Gasteiger charge is 2.33. The third kappa shape index (κ3) is 3.64. The second-order valence-electron chi connectivity index (χ2n) is 5.84. The summed E-state index contributed by atoms with van der Waals surface area (Å²) in [6.45, 7) is 4.20. The molecule has 2 rings (SSSR count). The number of nitrogens with one attached hydrogen (secondary N) is 1. The zero-order valence-corrected chi connectivity index (χ0v) is 13.8. The monoisotopic (exact) mass is 331 g/mol. The molecule has 1 heterocycles. The molecule has 0 spiro atoms. The molecule has 0 aliphatic heterocycles. The van der Waals surface area contributed by atoms with Crippen LogP contribution in [0.3, 0.4) is 0 Å². The maximum Gasteiger partial charge on any atom is 0.347 e. The third-order valence-corrected chi connectivity index (χ3v) is 6.66. The smallest absolute Gasteiger partial charge is 0.347 e. The molecular formula is C14H21NO4S2. The number of hydrogen-bond acceptors (Lipinski definition) is 4. The largest absolute Gasteiger partial charge is 0.477 e. The molecule has 7 heteroatoms. The van der Waals surface area contributed by atoms with Gasteiger partial charge in [0.15, 0.2) is 0 Å². The van der Waals surface area contributed by atoms with E-state index in [1.54, 1.807) is 0 Å². The zero-order chi connectivity index (χ0) is 15.6. The molecule has 2 N–H and O–H groups in total. The summed E-state index contributed by atoms with van der Waals surface area (Å²) in [4.78, 5) is 10.9. The number of sulfonamides is 1.